The van der Waals surface area contributed by atoms with Crippen molar-refractivity contribution in [3.63, 3.8) is 0 Å². The number of pyridine rings is 1. The Bertz CT molecular complexity index is 906. The lowest BCUT2D eigenvalue weighted by Crippen LogP contribution is -2.53. The number of carbonyl (C=O) groups is 1. The standard InChI is InChI=1S/C24H29FN2O/c1-23-10-8-20-17(4-7-21-24(20,2)11-9-22(28)27(21)3)19(23)6-5-18(23)15-12-16(25)14-26-13-15/h5,7,12-14,17,19-20H,4,6,8-11H2,1-3H3/t17?,19?,20?,23-,24-/m1/s1. The van der Waals surface area contributed by atoms with Gasteiger partial charge in [0.25, 0.3) is 0 Å². The average Bonchev–Trinajstić information content (AvgIpc) is 3.02. The molecule has 3 nitrogen and oxygen atoms in total. The number of carbonyl (C=O) groups excluding carboxylic acids is 1. The third kappa shape index (κ3) is 2.33. The number of fused-ring (bicyclic) bond motifs is 5. The first-order valence-electron chi connectivity index (χ1n) is 10.6. The molecule has 2 heterocycles. The highest BCUT2D eigenvalue weighted by atomic mass is 19.1. The number of allylic oxidation sites excluding steroid dienone is 4. The van der Waals surface area contributed by atoms with Crippen LogP contribution >= 0.6 is 0 Å². The fourth-order valence-corrected chi connectivity index (χ4v) is 7.15. The molecule has 1 aromatic rings. The van der Waals surface area contributed by atoms with Gasteiger partial charge in [0.1, 0.15) is 5.82 Å². The van der Waals surface area contributed by atoms with Gasteiger partial charge < -0.3 is 4.90 Å². The zero-order valence-electron chi connectivity index (χ0n) is 17.0. The summed E-state index contributed by atoms with van der Waals surface area (Å²) in [4.78, 5) is 18.3. The summed E-state index contributed by atoms with van der Waals surface area (Å²) in [6.45, 7) is 4.77. The van der Waals surface area contributed by atoms with Crippen molar-refractivity contribution in [1.82, 2.24) is 9.88 Å². The van der Waals surface area contributed by atoms with E-state index < -0.39 is 0 Å². The molecule has 1 saturated heterocycles. The van der Waals surface area contributed by atoms with E-state index in [0.717, 1.165) is 31.2 Å². The van der Waals surface area contributed by atoms with Crippen LogP contribution in [0.15, 0.2) is 36.3 Å². The molecule has 148 valence electrons. The predicted molar refractivity (Wildman–Crippen MR) is 107 cm³/mol. The summed E-state index contributed by atoms with van der Waals surface area (Å²) in [6, 6.07) is 1.64. The summed E-state index contributed by atoms with van der Waals surface area (Å²) in [5.41, 5.74) is 3.70. The summed E-state index contributed by atoms with van der Waals surface area (Å²) in [6.07, 6.45) is 13.9. The molecule has 1 saturated carbocycles. The number of hydrogen-bond donors (Lipinski definition) is 0. The molecule has 5 atom stereocenters. The summed E-state index contributed by atoms with van der Waals surface area (Å²) in [7, 11) is 1.95. The van der Waals surface area contributed by atoms with Gasteiger partial charge in [-0.25, -0.2) is 4.39 Å². The van der Waals surface area contributed by atoms with E-state index in [-0.39, 0.29) is 22.6 Å². The van der Waals surface area contributed by atoms with Gasteiger partial charge in [-0.05, 0) is 72.5 Å². The minimum atomic E-state index is -0.258. The number of nitrogens with zero attached hydrogens (tertiary/aromatic N) is 2. The van der Waals surface area contributed by atoms with Gasteiger partial charge in [0.15, 0.2) is 0 Å². The summed E-state index contributed by atoms with van der Waals surface area (Å²) < 4.78 is 13.8. The van der Waals surface area contributed by atoms with E-state index in [1.807, 2.05) is 18.1 Å². The molecule has 0 aromatic carbocycles. The molecule has 3 unspecified atom stereocenters. The van der Waals surface area contributed by atoms with E-state index >= 15 is 0 Å². The van der Waals surface area contributed by atoms with Crippen LogP contribution in [0.3, 0.4) is 0 Å². The molecule has 28 heavy (non-hydrogen) atoms. The van der Waals surface area contributed by atoms with Crippen molar-refractivity contribution in [2.75, 3.05) is 7.05 Å². The van der Waals surface area contributed by atoms with Crippen LogP contribution in [0.2, 0.25) is 0 Å². The third-order valence-corrected chi connectivity index (χ3v) is 8.61. The zero-order valence-corrected chi connectivity index (χ0v) is 17.0. The summed E-state index contributed by atoms with van der Waals surface area (Å²) in [5.74, 6) is 1.84. The molecule has 1 aliphatic heterocycles. The Morgan fingerprint density at radius 3 is 2.71 bits per heavy atom. The van der Waals surface area contributed by atoms with Crippen LogP contribution < -0.4 is 0 Å². The van der Waals surface area contributed by atoms with Crippen molar-refractivity contribution >= 4 is 11.5 Å². The zero-order chi connectivity index (χ0) is 19.7. The monoisotopic (exact) mass is 380 g/mol. The first-order chi connectivity index (χ1) is 13.3. The Morgan fingerprint density at radius 1 is 1.11 bits per heavy atom. The Labute approximate surface area is 166 Å². The summed E-state index contributed by atoms with van der Waals surface area (Å²) in [5, 5.41) is 0. The number of halogens is 1. The van der Waals surface area contributed by atoms with Crippen LogP contribution in [-0.2, 0) is 4.79 Å². The van der Waals surface area contributed by atoms with Gasteiger partial charge in [-0.2, -0.15) is 0 Å². The van der Waals surface area contributed by atoms with E-state index in [4.69, 9.17) is 0 Å². The predicted octanol–water partition coefficient (Wildman–Crippen LogP) is 5.20. The lowest BCUT2D eigenvalue weighted by Gasteiger charge is -2.58. The van der Waals surface area contributed by atoms with Crippen LogP contribution in [0.1, 0.15) is 57.9 Å². The Morgan fingerprint density at radius 2 is 1.93 bits per heavy atom. The van der Waals surface area contributed by atoms with Crippen molar-refractivity contribution in [3.8, 4) is 0 Å². The molecule has 0 N–H and O–H groups in total. The maximum Gasteiger partial charge on any atom is 0.226 e. The van der Waals surface area contributed by atoms with Gasteiger partial charge in [0.05, 0.1) is 6.20 Å². The molecule has 2 fully saturated rings. The van der Waals surface area contributed by atoms with Gasteiger partial charge in [0.2, 0.25) is 5.91 Å². The molecular weight excluding hydrogens is 351 g/mol. The van der Waals surface area contributed by atoms with Crippen molar-refractivity contribution < 1.29 is 9.18 Å². The van der Waals surface area contributed by atoms with Gasteiger partial charge in [-0.3, -0.25) is 9.78 Å². The SMILES string of the molecule is CN1C(=O)CC[C@@]2(C)C1=CCC1C2CC[C@]2(C)C(c3cncc(F)c3)=CCC12. The number of amides is 1. The highest BCUT2D eigenvalue weighted by Gasteiger charge is 2.57. The number of hydrogen-bond acceptors (Lipinski definition) is 2. The van der Waals surface area contributed by atoms with Crippen LogP contribution in [0.25, 0.3) is 5.57 Å². The van der Waals surface area contributed by atoms with Gasteiger partial charge >= 0.3 is 0 Å². The summed E-state index contributed by atoms with van der Waals surface area (Å²) >= 11 is 0. The van der Waals surface area contributed by atoms with Crippen LogP contribution in [0.4, 0.5) is 4.39 Å². The molecule has 0 radical (unpaired) electrons. The minimum Gasteiger partial charge on any atom is -0.319 e. The fraction of sp³-hybridized carbons (Fsp3) is 0.583. The molecule has 1 amide bonds. The Hall–Kier alpha value is -1.97. The quantitative estimate of drug-likeness (QED) is 0.671. The number of piperidine rings is 1. The highest BCUT2D eigenvalue weighted by Crippen LogP contribution is 2.65. The van der Waals surface area contributed by atoms with E-state index in [0.29, 0.717) is 24.2 Å². The van der Waals surface area contributed by atoms with E-state index in [1.165, 1.54) is 23.9 Å². The second-order valence-electron chi connectivity index (χ2n) is 9.77. The van der Waals surface area contributed by atoms with E-state index in [2.05, 4.69) is 31.0 Å². The second kappa shape index (κ2) is 6.01. The number of likely N-dealkylation sites (tertiary alicyclic amines) is 1. The van der Waals surface area contributed by atoms with Crippen molar-refractivity contribution in [2.24, 2.45) is 28.6 Å². The lowest BCUT2D eigenvalue weighted by molar-refractivity contribution is -0.135. The lowest BCUT2D eigenvalue weighted by atomic mass is 9.49. The maximum absolute atomic E-state index is 13.8. The molecule has 5 rings (SSSR count). The number of rotatable bonds is 1. The van der Waals surface area contributed by atoms with Gasteiger partial charge in [0, 0.05) is 30.8 Å². The van der Waals surface area contributed by atoms with Crippen molar-refractivity contribution in [3.05, 3.63) is 47.7 Å². The normalized spacial score (nSPS) is 39.6. The Balaban J connectivity index is 1.49. The third-order valence-electron chi connectivity index (χ3n) is 8.61. The minimum absolute atomic E-state index is 0.0920. The van der Waals surface area contributed by atoms with Gasteiger partial charge in [-0.15, -0.1) is 0 Å². The van der Waals surface area contributed by atoms with Gasteiger partial charge in [-0.1, -0.05) is 26.0 Å². The molecule has 4 aliphatic rings. The molecule has 1 aromatic heterocycles. The molecule has 3 aliphatic carbocycles. The number of aromatic nitrogens is 1. The topological polar surface area (TPSA) is 33.2 Å². The second-order valence-corrected chi connectivity index (χ2v) is 9.77. The molecular formula is C24H29FN2O. The maximum atomic E-state index is 13.8. The highest BCUT2D eigenvalue weighted by molar-refractivity contribution is 5.79. The largest absolute Gasteiger partial charge is 0.319 e. The van der Waals surface area contributed by atoms with Crippen LogP contribution in [0.5, 0.6) is 0 Å². The average molecular weight is 381 g/mol. The molecule has 0 bridgehead atoms. The van der Waals surface area contributed by atoms with Crippen molar-refractivity contribution in [2.45, 2.75) is 52.4 Å². The van der Waals surface area contributed by atoms with E-state index in [9.17, 15) is 9.18 Å². The van der Waals surface area contributed by atoms with Crippen LogP contribution in [-0.4, -0.2) is 22.8 Å². The van der Waals surface area contributed by atoms with Crippen molar-refractivity contribution in [1.29, 1.82) is 0 Å². The first kappa shape index (κ1) is 18.1. The smallest absolute Gasteiger partial charge is 0.226 e. The first-order valence-corrected chi connectivity index (χ1v) is 10.6. The Kier molecular flexibility index (Phi) is 3.88. The van der Waals surface area contributed by atoms with E-state index in [1.54, 1.807) is 6.07 Å². The fourth-order valence-electron chi connectivity index (χ4n) is 7.15. The molecule has 0 spiro atoms. The molecule has 4 heteroatoms. The van der Waals surface area contributed by atoms with Crippen LogP contribution in [0, 0.1) is 34.4 Å².